The van der Waals surface area contributed by atoms with Crippen LogP contribution in [0.2, 0.25) is 5.02 Å². The summed E-state index contributed by atoms with van der Waals surface area (Å²) in [6.45, 7) is 4.05. The molecular formula is C19H21ClN2O3. The molecule has 0 aliphatic carbocycles. The van der Waals surface area contributed by atoms with Gasteiger partial charge in [-0.15, -0.1) is 0 Å². The van der Waals surface area contributed by atoms with Crippen molar-refractivity contribution in [2.24, 2.45) is 0 Å². The minimum Gasteiger partial charge on any atom is -0.490 e. The van der Waals surface area contributed by atoms with E-state index in [4.69, 9.17) is 16.3 Å². The average molecular weight is 361 g/mol. The lowest BCUT2D eigenvalue weighted by Crippen LogP contribution is -2.31. The summed E-state index contributed by atoms with van der Waals surface area (Å²) >= 11 is 6.03. The normalized spacial score (nSPS) is 10.2. The topological polar surface area (TPSA) is 58.6 Å². The average Bonchev–Trinajstić information content (AvgIpc) is 2.57. The minimum absolute atomic E-state index is 0.144. The summed E-state index contributed by atoms with van der Waals surface area (Å²) in [5, 5.41) is 3.27. The molecule has 0 atom stereocenters. The number of likely N-dealkylation sites (N-methyl/N-ethyl adjacent to an activating group) is 1. The summed E-state index contributed by atoms with van der Waals surface area (Å²) in [5.74, 6) is 0.275. The van der Waals surface area contributed by atoms with Crippen molar-refractivity contribution in [1.82, 2.24) is 4.90 Å². The maximum absolute atomic E-state index is 12.5. The number of carbonyl (C=O) groups excluding carboxylic acids is 2. The van der Waals surface area contributed by atoms with E-state index in [2.05, 4.69) is 5.32 Å². The minimum atomic E-state index is -0.172. The van der Waals surface area contributed by atoms with Crippen molar-refractivity contribution in [3.05, 3.63) is 58.6 Å². The summed E-state index contributed by atoms with van der Waals surface area (Å²) in [5.41, 5.74) is 2.05. The molecule has 0 aliphatic rings. The third-order valence-electron chi connectivity index (χ3n) is 3.66. The number of amides is 2. The first kappa shape index (κ1) is 18.8. The number of rotatable bonds is 6. The molecule has 1 N–H and O–H groups in total. The van der Waals surface area contributed by atoms with Gasteiger partial charge in [-0.2, -0.15) is 0 Å². The molecule has 6 heteroatoms. The van der Waals surface area contributed by atoms with Crippen LogP contribution in [0.5, 0.6) is 5.75 Å². The molecule has 0 heterocycles. The van der Waals surface area contributed by atoms with E-state index in [9.17, 15) is 9.59 Å². The van der Waals surface area contributed by atoms with Gasteiger partial charge in [0.1, 0.15) is 12.4 Å². The van der Waals surface area contributed by atoms with Gasteiger partial charge in [0.05, 0.1) is 11.6 Å². The summed E-state index contributed by atoms with van der Waals surface area (Å²) < 4.78 is 5.61. The van der Waals surface area contributed by atoms with Gasteiger partial charge in [0.2, 0.25) is 5.91 Å². The van der Waals surface area contributed by atoms with Gasteiger partial charge in [0, 0.05) is 25.2 Å². The zero-order valence-corrected chi connectivity index (χ0v) is 15.3. The number of hydrogen-bond acceptors (Lipinski definition) is 3. The van der Waals surface area contributed by atoms with Crippen molar-refractivity contribution in [2.45, 2.75) is 13.8 Å². The summed E-state index contributed by atoms with van der Waals surface area (Å²) in [4.78, 5) is 25.4. The molecule has 0 saturated carbocycles. The van der Waals surface area contributed by atoms with Crippen LogP contribution < -0.4 is 10.1 Å². The Kier molecular flexibility index (Phi) is 6.42. The summed E-state index contributed by atoms with van der Waals surface area (Å²) in [6.07, 6.45) is 0. The quantitative estimate of drug-likeness (QED) is 0.853. The fourth-order valence-electron chi connectivity index (χ4n) is 2.26. The lowest BCUT2D eigenvalue weighted by molar-refractivity contribution is -0.114. The molecule has 0 radical (unpaired) electrons. The number of anilines is 1. The molecule has 0 saturated heterocycles. The second kappa shape index (κ2) is 8.53. The molecule has 2 aromatic carbocycles. The van der Waals surface area contributed by atoms with Crippen LogP contribution in [0, 0.1) is 6.92 Å². The van der Waals surface area contributed by atoms with Gasteiger partial charge in [0.25, 0.3) is 5.91 Å². The molecule has 0 bridgehead atoms. The van der Waals surface area contributed by atoms with E-state index in [0.717, 1.165) is 5.56 Å². The zero-order valence-electron chi connectivity index (χ0n) is 14.5. The van der Waals surface area contributed by atoms with Crippen LogP contribution in [0.3, 0.4) is 0 Å². The first-order valence-electron chi connectivity index (χ1n) is 7.89. The monoisotopic (exact) mass is 360 g/mol. The SMILES string of the molecule is CC(=O)Nc1cc(C(=O)N(C)CCOc2ccccc2Cl)ccc1C. The highest BCUT2D eigenvalue weighted by Gasteiger charge is 2.14. The van der Waals surface area contributed by atoms with Crippen molar-refractivity contribution in [1.29, 1.82) is 0 Å². The van der Waals surface area contributed by atoms with Crippen LogP contribution >= 0.6 is 11.6 Å². The maximum atomic E-state index is 12.5. The number of halogens is 1. The van der Waals surface area contributed by atoms with Crippen LogP contribution in [0.15, 0.2) is 42.5 Å². The third-order valence-corrected chi connectivity index (χ3v) is 3.98. The fraction of sp³-hybridized carbons (Fsp3) is 0.263. The van der Waals surface area contributed by atoms with Gasteiger partial charge in [-0.05, 0) is 36.8 Å². The van der Waals surface area contributed by atoms with Crippen molar-refractivity contribution in [3.8, 4) is 5.75 Å². The second-order valence-corrected chi connectivity index (χ2v) is 6.12. The Balaban J connectivity index is 1.97. The number of benzene rings is 2. The molecule has 132 valence electrons. The number of ether oxygens (including phenoxy) is 1. The van der Waals surface area contributed by atoms with E-state index in [1.165, 1.54) is 6.92 Å². The van der Waals surface area contributed by atoms with E-state index in [-0.39, 0.29) is 11.8 Å². The molecule has 0 aromatic heterocycles. The Labute approximate surface area is 152 Å². The predicted molar refractivity (Wildman–Crippen MR) is 99.4 cm³/mol. The van der Waals surface area contributed by atoms with Gasteiger partial charge in [-0.1, -0.05) is 29.8 Å². The molecule has 2 amide bonds. The Bertz CT molecular complexity index is 777. The summed E-state index contributed by atoms with van der Waals surface area (Å²) in [7, 11) is 1.70. The standard InChI is InChI=1S/C19H21ClN2O3/c1-13-8-9-15(12-17(13)21-14(2)23)19(24)22(3)10-11-25-18-7-5-4-6-16(18)20/h4-9,12H,10-11H2,1-3H3,(H,21,23). The van der Waals surface area contributed by atoms with Gasteiger partial charge in [-0.25, -0.2) is 0 Å². The van der Waals surface area contributed by atoms with E-state index in [1.807, 2.05) is 25.1 Å². The molecule has 0 spiro atoms. The van der Waals surface area contributed by atoms with Crippen molar-refractivity contribution >= 4 is 29.1 Å². The first-order chi connectivity index (χ1) is 11.9. The predicted octanol–water partition coefficient (Wildman–Crippen LogP) is 3.76. The van der Waals surface area contributed by atoms with Gasteiger partial charge in [0.15, 0.2) is 0 Å². The Morgan fingerprint density at radius 2 is 1.92 bits per heavy atom. The number of hydrogen-bond donors (Lipinski definition) is 1. The van der Waals surface area contributed by atoms with Crippen molar-refractivity contribution in [3.63, 3.8) is 0 Å². The number of aryl methyl sites for hydroxylation is 1. The third kappa shape index (κ3) is 5.22. The van der Waals surface area contributed by atoms with Crippen LogP contribution in [-0.4, -0.2) is 36.9 Å². The highest BCUT2D eigenvalue weighted by molar-refractivity contribution is 6.32. The molecule has 2 aromatic rings. The van der Waals surface area contributed by atoms with E-state index < -0.39 is 0 Å². The van der Waals surface area contributed by atoms with E-state index in [0.29, 0.717) is 35.2 Å². The first-order valence-corrected chi connectivity index (χ1v) is 8.27. The number of para-hydroxylation sites is 1. The number of nitrogens with zero attached hydrogens (tertiary/aromatic N) is 1. The van der Waals surface area contributed by atoms with Crippen LogP contribution in [-0.2, 0) is 4.79 Å². The van der Waals surface area contributed by atoms with E-state index >= 15 is 0 Å². The molecule has 5 nitrogen and oxygen atoms in total. The molecule has 0 fully saturated rings. The molecule has 25 heavy (non-hydrogen) atoms. The van der Waals surface area contributed by atoms with Gasteiger partial charge < -0.3 is 15.0 Å². The van der Waals surface area contributed by atoms with Crippen LogP contribution in [0.1, 0.15) is 22.8 Å². The van der Waals surface area contributed by atoms with Crippen molar-refractivity contribution in [2.75, 3.05) is 25.5 Å². The zero-order chi connectivity index (χ0) is 18.4. The van der Waals surface area contributed by atoms with Crippen molar-refractivity contribution < 1.29 is 14.3 Å². The highest BCUT2D eigenvalue weighted by Crippen LogP contribution is 2.23. The fourth-order valence-corrected chi connectivity index (χ4v) is 2.45. The summed E-state index contributed by atoms with van der Waals surface area (Å²) in [6, 6.07) is 12.4. The Hall–Kier alpha value is -2.53. The molecule has 0 unspecified atom stereocenters. The van der Waals surface area contributed by atoms with Crippen LogP contribution in [0.25, 0.3) is 0 Å². The highest BCUT2D eigenvalue weighted by atomic mass is 35.5. The van der Waals surface area contributed by atoms with Gasteiger partial charge in [-0.3, -0.25) is 9.59 Å². The maximum Gasteiger partial charge on any atom is 0.253 e. The second-order valence-electron chi connectivity index (χ2n) is 5.72. The lowest BCUT2D eigenvalue weighted by atomic mass is 10.1. The molecular weight excluding hydrogens is 340 g/mol. The molecule has 0 aliphatic heterocycles. The number of nitrogens with one attached hydrogen (secondary N) is 1. The Morgan fingerprint density at radius 1 is 1.20 bits per heavy atom. The van der Waals surface area contributed by atoms with Crippen LogP contribution in [0.4, 0.5) is 5.69 Å². The largest absolute Gasteiger partial charge is 0.490 e. The Morgan fingerprint density at radius 3 is 2.60 bits per heavy atom. The number of carbonyl (C=O) groups is 2. The lowest BCUT2D eigenvalue weighted by Gasteiger charge is -2.18. The van der Waals surface area contributed by atoms with Gasteiger partial charge >= 0.3 is 0 Å². The smallest absolute Gasteiger partial charge is 0.253 e. The van der Waals surface area contributed by atoms with E-state index in [1.54, 1.807) is 36.2 Å². The molecule has 2 rings (SSSR count).